The number of hydrogen-bond donors (Lipinski definition) is 0. The molecule has 6 heteroatoms. The van der Waals surface area contributed by atoms with Crippen LogP contribution in [-0.4, -0.2) is 0 Å². The fraction of sp³-hybridized carbons (Fsp3) is 0.182. The van der Waals surface area contributed by atoms with Crippen molar-refractivity contribution in [2.24, 2.45) is 5.11 Å². The van der Waals surface area contributed by atoms with Crippen molar-refractivity contribution in [1.82, 2.24) is 0 Å². The summed E-state index contributed by atoms with van der Waals surface area (Å²) >= 11 is 0. The van der Waals surface area contributed by atoms with E-state index in [0.29, 0.717) is 5.58 Å². The van der Waals surface area contributed by atoms with Gasteiger partial charge in [0.2, 0.25) is 0 Å². The molecule has 0 N–H and O–H groups in total. The molecule has 0 aliphatic carbocycles. The van der Waals surface area contributed by atoms with Gasteiger partial charge < -0.3 is 15.1 Å². The fourth-order valence-electron chi connectivity index (χ4n) is 1.49. The van der Waals surface area contributed by atoms with Crippen molar-refractivity contribution in [3.05, 3.63) is 45.3 Å². The van der Waals surface area contributed by atoms with Gasteiger partial charge in [-0.3, -0.25) is 0 Å². The summed E-state index contributed by atoms with van der Waals surface area (Å²) in [6.07, 6.45) is 0. The summed E-state index contributed by atoms with van der Waals surface area (Å²) in [7, 11) is 0. The Morgan fingerprint density at radius 2 is 1.94 bits per heavy atom. The molecule has 0 atom stereocenters. The Morgan fingerprint density at radius 3 is 2.53 bits per heavy atom. The van der Waals surface area contributed by atoms with Gasteiger partial charge in [0.25, 0.3) is 0 Å². The molecule has 1 aromatic heterocycles. The average Bonchev–Trinajstić information content (AvgIpc) is 2.18. The Hall–Kier alpha value is 0.770. The number of rotatable bonds is 1. The second kappa shape index (κ2) is 7.38. The first-order chi connectivity index (χ1) is 7.11. The van der Waals surface area contributed by atoms with Crippen LogP contribution in [0.3, 0.4) is 0 Å². The Morgan fingerprint density at radius 1 is 1.29 bits per heavy atom. The zero-order chi connectivity index (χ0) is 11.0. The van der Waals surface area contributed by atoms with E-state index in [-0.39, 0.29) is 89.8 Å². The number of aryl methyl sites for hydroxylation is 2. The maximum Gasteiger partial charge on any atom is 1.00 e. The fourth-order valence-corrected chi connectivity index (χ4v) is 1.49. The van der Waals surface area contributed by atoms with Gasteiger partial charge in [0.05, 0.1) is 0 Å². The summed E-state index contributed by atoms with van der Waals surface area (Å²) in [5, 5.41) is 3.87. The van der Waals surface area contributed by atoms with Gasteiger partial charge in [0.1, 0.15) is 0 Å². The van der Waals surface area contributed by atoms with Crippen LogP contribution in [0.4, 0.5) is 5.69 Å². The normalized spacial score (nSPS) is 9.29. The van der Waals surface area contributed by atoms with Gasteiger partial charge in [0.15, 0.2) is 0 Å². The van der Waals surface area contributed by atoms with Crippen LogP contribution in [0.15, 0.2) is 26.5 Å². The molecule has 0 bridgehead atoms. The summed E-state index contributed by atoms with van der Waals surface area (Å²) in [5.41, 5.74) is 10.5. The van der Waals surface area contributed by atoms with Crippen LogP contribution >= 0.6 is 0 Å². The Bertz CT molecular complexity index is 610. The van der Waals surface area contributed by atoms with Crippen molar-refractivity contribution in [2.45, 2.75) is 13.8 Å². The summed E-state index contributed by atoms with van der Waals surface area (Å²) < 4.78 is 4.96. The van der Waals surface area contributed by atoms with Crippen molar-refractivity contribution < 1.29 is 88.5 Å². The second-order valence-electron chi connectivity index (χ2n) is 3.39. The number of fused-ring (bicyclic) bond motifs is 1. The summed E-state index contributed by atoms with van der Waals surface area (Å²) in [5.74, 6) is 0. The molecule has 4 nitrogen and oxygen atoms in total. The maximum atomic E-state index is 11.1. The molecule has 1 radical (unpaired) electrons. The van der Waals surface area contributed by atoms with E-state index < -0.39 is 5.63 Å². The van der Waals surface area contributed by atoms with E-state index in [4.69, 9.17) is 9.95 Å². The monoisotopic (exact) mass is 328 g/mol. The molecule has 0 spiro atoms. The van der Waals surface area contributed by atoms with Crippen molar-refractivity contribution in [3.8, 4) is 0 Å². The molecule has 17 heavy (non-hydrogen) atoms. The minimum absolute atomic E-state index is 0. The standard InChI is InChI=1S/C11H8N2O2.K.Y/c1-6-4-11(14)15-10-5-9(13-12)7(2)3-8(6)10;;/h3-4H,1-2H3;;/q-2;+1;. The molecule has 0 aliphatic rings. The minimum Gasteiger partial charge on any atom is -0.708 e. The molecule has 0 amide bonds. The molecule has 1 aromatic carbocycles. The summed E-state index contributed by atoms with van der Waals surface area (Å²) in [4.78, 5) is 11.1. The SMILES string of the molecule is Cc1cc2c(C)cc(=O)oc2[c-]c1N=[N-].[K+].[Y]. The molecule has 0 unspecified atom stereocenters. The molecule has 0 fully saturated rings. The van der Waals surface area contributed by atoms with Gasteiger partial charge in [-0.05, 0) is 0 Å². The Labute approximate surface area is 166 Å². The van der Waals surface area contributed by atoms with Crippen LogP contribution in [0.5, 0.6) is 0 Å². The van der Waals surface area contributed by atoms with Gasteiger partial charge in [0, 0.05) is 44.4 Å². The molecule has 2 aromatic rings. The first-order valence-electron chi connectivity index (χ1n) is 4.44. The van der Waals surface area contributed by atoms with Crippen LogP contribution in [0.2, 0.25) is 0 Å². The molecule has 0 aliphatic heterocycles. The molecular weight excluding hydrogens is 320 g/mol. The van der Waals surface area contributed by atoms with E-state index in [1.165, 1.54) is 6.07 Å². The number of benzene rings is 1. The number of hydrogen-bond acceptors (Lipinski definition) is 3. The van der Waals surface area contributed by atoms with Crippen molar-refractivity contribution in [2.75, 3.05) is 0 Å². The van der Waals surface area contributed by atoms with Gasteiger partial charge in [-0.1, -0.05) is 30.5 Å². The van der Waals surface area contributed by atoms with Gasteiger partial charge >= 0.3 is 57.0 Å². The van der Waals surface area contributed by atoms with Crippen LogP contribution in [-0.2, 0) is 32.7 Å². The second-order valence-corrected chi connectivity index (χ2v) is 3.39. The predicted octanol–water partition coefficient (Wildman–Crippen LogP) is -0.135. The van der Waals surface area contributed by atoms with E-state index >= 15 is 0 Å². The first kappa shape index (κ1) is 17.8. The van der Waals surface area contributed by atoms with Gasteiger partial charge in [-0.15, -0.1) is 11.6 Å². The van der Waals surface area contributed by atoms with E-state index in [2.05, 4.69) is 11.2 Å². The molecule has 0 saturated carbocycles. The summed E-state index contributed by atoms with van der Waals surface area (Å²) in [6, 6.07) is 5.97. The predicted molar refractivity (Wildman–Crippen MR) is 56.2 cm³/mol. The average molecular weight is 328 g/mol. The van der Waals surface area contributed by atoms with Gasteiger partial charge in [-0.2, -0.15) is 6.07 Å². The van der Waals surface area contributed by atoms with E-state index in [1.54, 1.807) is 13.0 Å². The third kappa shape index (κ3) is 3.86. The van der Waals surface area contributed by atoms with Crippen molar-refractivity contribution >= 4 is 16.7 Å². The van der Waals surface area contributed by atoms with E-state index in [0.717, 1.165) is 16.5 Å². The molecule has 1 heterocycles. The zero-order valence-electron chi connectivity index (χ0n) is 9.94. The van der Waals surface area contributed by atoms with E-state index in [1.807, 2.05) is 6.92 Å². The maximum absolute atomic E-state index is 11.1. The molecular formula is C11H8KN2O2Y-. The Balaban J connectivity index is 0.00000128. The quantitative estimate of drug-likeness (QED) is 0.317. The minimum atomic E-state index is -0.427. The molecule has 2 rings (SSSR count). The van der Waals surface area contributed by atoms with Crippen LogP contribution in [0.25, 0.3) is 16.5 Å². The third-order valence-corrected chi connectivity index (χ3v) is 2.27. The topological polar surface area (TPSA) is 64.9 Å². The van der Waals surface area contributed by atoms with Crippen LogP contribution in [0.1, 0.15) is 11.1 Å². The number of nitrogens with zero attached hydrogens (tertiary/aromatic N) is 2. The third-order valence-electron chi connectivity index (χ3n) is 2.27. The molecule has 79 valence electrons. The summed E-state index contributed by atoms with van der Waals surface area (Å²) in [6.45, 7) is 3.62. The zero-order valence-corrected chi connectivity index (χ0v) is 15.9. The molecule has 0 saturated heterocycles. The first-order valence-corrected chi connectivity index (χ1v) is 4.44. The van der Waals surface area contributed by atoms with Crippen LogP contribution in [0, 0.1) is 19.9 Å². The van der Waals surface area contributed by atoms with Gasteiger partial charge in [-0.25, -0.2) is 4.79 Å². The van der Waals surface area contributed by atoms with Crippen molar-refractivity contribution in [3.63, 3.8) is 0 Å². The van der Waals surface area contributed by atoms with Crippen molar-refractivity contribution in [1.29, 1.82) is 0 Å². The van der Waals surface area contributed by atoms with E-state index in [9.17, 15) is 4.79 Å². The Kier molecular flexibility index (Phi) is 7.72. The smallest absolute Gasteiger partial charge is 0.708 e. The van der Waals surface area contributed by atoms with Crippen LogP contribution < -0.4 is 57.0 Å². The largest absolute Gasteiger partial charge is 1.00 e.